The molecule has 7 nitrogen and oxygen atoms in total. The Morgan fingerprint density at radius 2 is 1.97 bits per heavy atom. The Bertz CT molecular complexity index is 1240. The van der Waals surface area contributed by atoms with Crippen molar-refractivity contribution in [2.24, 2.45) is 5.10 Å². The molecule has 8 heteroatoms. The second-order valence-corrected chi connectivity index (χ2v) is 8.00. The highest BCUT2D eigenvalue weighted by Crippen LogP contribution is 2.38. The molecule has 1 aliphatic heterocycles. The second kappa shape index (κ2) is 8.96. The van der Waals surface area contributed by atoms with Crippen LogP contribution in [-0.4, -0.2) is 39.8 Å². The molecule has 2 aromatic carbocycles. The highest BCUT2D eigenvalue weighted by atomic mass is 35.5. The number of nitrogens with zero attached hydrogens (tertiary/aromatic N) is 3. The number of hydrogen-bond donors (Lipinski definition) is 1. The summed E-state index contributed by atoms with van der Waals surface area (Å²) in [6.07, 6.45) is -0.00186. The first-order valence-corrected chi connectivity index (χ1v) is 10.6. The number of carbonyl (C=O) groups excluding carboxylic acids is 1. The number of carboxylic acid groups (broad SMARTS) is 1. The van der Waals surface area contributed by atoms with E-state index in [1.807, 2.05) is 55.5 Å². The molecule has 1 aliphatic rings. The van der Waals surface area contributed by atoms with Gasteiger partial charge in [-0.1, -0.05) is 41.9 Å². The van der Waals surface area contributed by atoms with Crippen LogP contribution in [0.15, 0.2) is 53.6 Å². The number of methoxy groups -OCH3 is 1. The molecule has 2 heterocycles. The fourth-order valence-corrected chi connectivity index (χ4v) is 4.13. The minimum Gasteiger partial charge on any atom is -0.497 e. The number of ether oxygens (including phenoxy) is 1. The van der Waals surface area contributed by atoms with Gasteiger partial charge < -0.3 is 9.84 Å². The number of benzene rings is 2. The molecule has 1 atom stereocenters. The lowest BCUT2D eigenvalue weighted by molar-refractivity contribution is -0.141. The number of carboxylic acids is 1. The van der Waals surface area contributed by atoms with Crippen molar-refractivity contribution < 1.29 is 19.4 Å². The van der Waals surface area contributed by atoms with E-state index < -0.39 is 12.0 Å². The zero-order valence-corrected chi connectivity index (χ0v) is 18.5. The smallest absolute Gasteiger partial charge is 0.303 e. The van der Waals surface area contributed by atoms with Crippen LogP contribution in [0.4, 0.5) is 0 Å². The van der Waals surface area contributed by atoms with Gasteiger partial charge >= 0.3 is 5.97 Å². The summed E-state index contributed by atoms with van der Waals surface area (Å²) in [5.41, 5.74) is 4.00. The summed E-state index contributed by atoms with van der Waals surface area (Å²) in [4.78, 5) is 28.5. The van der Waals surface area contributed by atoms with Gasteiger partial charge in [-0.3, -0.25) is 9.59 Å². The first kappa shape index (κ1) is 21.8. The van der Waals surface area contributed by atoms with Crippen molar-refractivity contribution in [2.45, 2.75) is 32.2 Å². The largest absolute Gasteiger partial charge is 0.497 e. The number of aliphatic carboxylic acids is 1. The molecule has 1 aromatic heterocycles. The van der Waals surface area contributed by atoms with E-state index in [4.69, 9.17) is 21.4 Å². The zero-order valence-electron chi connectivity index (χ0n) is 17.7. The van der Waals surface area contributed by atoms with Gasteiger partial charge in [0.2, 0.25) is 5.91 Å². The maximum Gasteiger partial charge on any atom is 0.303 e. The number of para-hydroxylation sites is 1. The Morgan fingerprint density at radius 1 is 1.19 bits per heavy atom. The monoisotopic (exact) mass is 451 g/mol. The van der Waals surface area contributed by atoms with Gasteiger partial charge in [0.05, 0.1) is 30.8 Å². The van der Waals surface area contributed by atoms with Gasteiger partial charge in [-0.25, -0.2) is 9.99 Å². The van der Waals surface area contributed by atoms with Crippen LogP contribution in [0, 0.1) is 6.92 Å². The maximum atomic E-state index is 12.9. The summed E-state index contributed by atoms with van der Waals surface area (Å²) in [6, 6.07) is 14.7. The Hall–Kier alpha value is -3.45. The molecule has 0 aliphatic carbocycles. The van der Waals surface area contributed by atoms with Crippen molar-refractivity contribution in [3.63, 3.8) is 0 Å². The molecule has 3 aromatic rings. The number of hydrogen-bond acceptors (Lipinski definition) is 5. The summed E-state index contributed by atoms with van der Waals surface area (Å²) in [5.74, 6) is -0.735. The molecule has 4 rings (SSSR count). The molecule has 164 valence electrons. The van der Waals surface area contributed by atoms with Crippen molar-refractivity contribution >= 4 is 40.1 Å². The van der Waals surface area contributed by atoms with Crippen LogP contribution in [0.25, 0.3) is 10.9 Å². The summed E-state index contributed by atoms with van der Waals surface area (Å²) < 4.78 is 5.31. The van der Waals surface area contributed by atoms with Crippen LogP contribution in [0.2, 0.25) is 5.15 Å². The topological polar surface area (TPSA) is 92.1 Å². The minimum atomic E-state index is -1.04. The van der Waals surface area contributed by atoms with Crippen LogP contribution in [0.1, 0.15) is 42.0 Å². The van der Waals surface area contributed by atoms with Gasteiger partial charge in [0.15, 0.2) is 0 Å². The third-order valence-corrected chi connectivity index (χ3v) is 5.81. The predicted octanol–water partition coefficient (Wildman–Crippen LogP) is 4.75. The van der Waals surface area contributed by atoms with Crippen molar-refractivity contribution in [3.8, 4) is 5.75 Å². The number of amides is 1. The molecule has 0 radical (unpaired) electrons. The summed E-state index contributed by atoms with van der Waals surface area (Å²) >= 11 is 6.58. The summed E-state index contributed by atoms with van der Waals surface area (Å²) in [5, 5.41) is 16.2. The highest BCUT2D eigenvalue weighted by molar-refractivity contribution is 6.30. The number of hydrazone groups is 1. The number of fused-ring (bicyclic) bond motifs is 1. The quantitative estimate of drug-likeness (QED) is 0.546. The molecule has 32 heavy (non-hydrogen) atoms. The van der Waals surface area contributed by atoms with Crippen LogP contribution in [0.5, 0.6) is 5.75 Å². The van der Waals surface area contributed by atoms with E-state index >= 15 is 0 Å². The SMILES string of the molecule is COc1cccc(C2=NN(C(=O)CCC(=O)O)[C@@H](c3cc4cccc(C)c4nc3Cl)C2)c1. The molecule has 0 unspecified atom stereocenters. The molecule has 1 amide bonds. The van der Waals surface area contributed by atoms with E-state index in [0.29, 0.717) is 28.6 Å². The van der Waals surface area contributed by atoms with E-state index in [-0.39, 0.29) is 18.7 Å². The lowest BCUT2D eigenvalue weighted by Crippen LogP contribution is -2.27. The molecule has 1 N–H and O–H groups in total. The molecule has 0 fully saturated rings. The van der Waals surface area contributed by atoms with Gasteiger partial charge in [0.1, 0.15) is 10.9 Å². The van der Waals surface area contributed by atoms with E-state index in [1.165, 1.54) is 5.01 Å². The maximum absolute atomic E-state index is 12.9. The van der Waals surface area contributed by atoms with Crippen molar-refractivity contribution in [2.75, 3.05) is 7.11 Å². The van der Waals surface area contributed by atoms with Crippen molar-refractivity contribution in [3.05, 3.63) is 70.4 Å². The third-order valence-electron chi connectivity index (χ3n) is 5.51. The average Bonchev–Trinajstić information content (AvgIpc) is 3.23. The summed E-state index contributed by atoms with van der Waals surface area (Å²) in [7, 11) is 1.59. The molecular formula is C24H22ClN3O4. The summed E-state index contributed by atoms with van der Waals surface area (Å²) in [6.45, 7) is 1.96. The van der Waals surface area contributed by atoms with Crippen LogP contribution >= 0.6 is 11.6 Å². The molecule has 0 saturated carbocycles. The van der Waals surface area contributed by atoms with Crippen LogP contribution in [-0.2, 0) is 9.59 Å². The number of halogens is 1. The van der Waals surface area contributed by atoms with E-state index in [1.54, 1.807) is 7.11 Å². The first-order valence-electron chi connectivity index (χ1n) is 10.2. The van der Waals surface area contributed by atoms with Gasteiger partial charge in [0.25, 0.3) is 0 Å². The normalized spacial score (nSPS) is 15.7. The Morgan fingerprint density at radius 3 is 2.72 bits per heavy atom. The predicted molar refractivity (Wildman–Crippen MR) is 122 cm³/mol. The number of rotatable bonds is 6. The van der Waals surface area contributed by atoms with Crippen molar-refractivity contribution in [1.82, 2.24) is 9.99 Å². The van der Waals surface area contributed by atoms with Gasteiger partial charge in [0, 0.05) is 29.4 Å². The van der Waals surface area contributed by atoms with Crippen LogP contribution < -0.4 is 4.74 Å². The number of pyridine rings is 1. The Kier molecular flexibility index (Phi) is 6.10. The first-order chi connectivity index (χ1) is 15.4. The Balaban J connectivity index is 1.75. The fraction of sp³-hybridized carbons (Fsp3) is 0.250. The standard InChI is InChI=1S/C24H22ClN3O4/c1-14-5-3-7-16-12-18(24(25)26-23(14)16)20-13-19(15-6-4-8-17(11-15)32-2)27-28(20)21(29)9-10-22(30)31/h3-8,11-12,20H,9-10,13H2,1-2H3,(H,30,31)/t20-/m1/s1. The number of aryl methyl sites for hydroxylation is 1. The van der Waals surface area contributed by atoms with E-state index in [9.17, 15) is 9.59 Å². The van der Waals surface area contributed by atoms with Gasteiger partial charge in [-0.05, 0) is 30.7 Å². The molecule has 0 bridgehead atoms. The third kappa shape index (κ3) is 4.29. The van der Waals surface area contributed by atoms with Gasteiger partial charge in [-0.2, -0.15) is 5.10 Å². The van der Waals surface area contributed by atoms with Crippen molar-refractivity contribution in [1.29, 1.82) is 0 Å². The highest BCUT2D eigenvalue weighted by Gasteiger charge is 2.35. The average molecular weight is 452 g/mol. The number of carbonyl (C=O) groups is 2. The van der Waals surface area contributed by atoms with E-state index in [2.05, 4.69) is 10.1 Å². The minimum absolute atomic E-state index is 0.154. The number of aromatic nitrogens is 1. The lowest BCUT2D eigenvalue weighted by atomic mass is 9.97. The van der Waals surface area contributed by atoms with Gasteiger partial charge in [-0.15, -0.1) is 0 Å². The van der Waals surface area contributed by atoms with E-state index in [0.717, 1.165) is 22.0 Å². The lowest BCUT2D eigenvalue weighted by Gasteiger charge is -2.23. The van der Waals surface area contributed by atoms with Crippen LogP contribution in [0.3, 0.4) is 0 Å². The zero-order chi connectivity index (χ0) is 22.8. The Labute approximate surface area is 190 Å². The molecular weight excluding hydrogens is 430 g/mol. The second-order valence-electron chi connectivity index (χ2n) is 7.65. The fourth-order valence-electron chi connectivity index (χ4n) is 3.86. The molecule has 0 saturated heterocycles. The molecule has 0 spiro atoms.